The van der Waals surface area contributed by atoms with E-state index in [-0.39, 0.29) is 12.3 Å². The number of imidazole rings is 1. The third-order valence-electron chi connectivity index (χ3n) is 2.61. The van der Waals surface area contributed by atoms with E-state index in [0.717, 1.165) is 5.69 Å². The first-order valence-corrected chi connectivity index (χ1v) is 5.61. The number of esters is 1. The lowest BCUT2D eigenvalue weighted by atomic mass is 10.2. The van der Waals surface area contributed by atoms with Gasteiger partial charge in [-0.05, 0) is 31.2 Å². The van der Waals surface area contributed by atoms with E-state index in [1.54, 1.807) is 30.5 Å². The van der Waals surface area contributed by atoms with Gasteiger partial charge in [0.05, 0.1) is 11.3 Å². The number of carbonyl (C=O) groups is 1. The molecular weight excluding hydrogens is 244 g/mol. The number of hydrogen-bond donors (Lipinski definition) is 1. The van der Waals surface area contributed by atoms with Gasteiger partial charge in [0.1, 0.15) is 0 Å². The summed E-state index contributed by atoms with van der Waals surface area (Å²) < 4.78 is 6.32. The lowest BCUT2D eigenvalue weighted by Gasteiger charge is -2.05. The van der Waals surface area contributed by atoms with Crippen molar-refractivity contribution in [3.8, 4) is 18.0 Å². The molecule has 0 aliphatic carbocycles. The second-order valence-corrected chi connectivity index (χ2v) is 3.90. The van der Waals surface area contributed by atoms with Crippen LogP contribution in [-0.4, -0.2) is 22.1 Å². The van der Waals surface area contributed by atoms with Crippen LogP contribution in [0.5, 0.6) is 0 Å². The number of terminal acetylenes is 1. The average Bonchev–Trinajstić information content (AvgIpc) is 2.76. The molecule has 0 radical (unpaired) electrons. The summed E-state index contributed by atoms with van der Waals surface area (Å²) in [6.07, 6.45) is 6.63. The maximum atomic E-state index is 11.6. The fourth-order valence-corrected chi connectivity index (χ4v) is 1.71. The smallest absolute Gasteiger partial charge is 0.339 e. The number of aryl methyl sites for hydroxylation is 1. The Morgan fingerprint density at radius 3 is 2.63 bits per heavy atom. The summed E-state index contributed by atoms with van der Waals surface area (Å²) in [7, 11) is 0. The van der Waals surface area contributed by atoms with E-state index in [9.17, 15) is 9.59 Å². The van der Waals surface area contributed by atoms with Crippen LogP contribution in [0.15, 0.2) is 35.3 Å². The van der Waals surface area contributed by atoms with Crippen molar-refractivity contribution in [1.29, 1.82) is 0 Å². The van der Waals surface area contributed by atoms with E-state index in [1.807, 2.05) is 6.92 Å². The number of nitrogens with one attached hydrogen (secondary N) is 1. The molecule has 0 spiro atoms. The van der Waals surface area contributed by atoms with Gasteiger partial charge in [-0.25, -0.2) is 9.59 Å². The van der Waals surface area contributed by atoms with Crippen LogP contribution in [0.25, 0.3) is 5.69 Å². The van der Waals surface area contributed by atoms with Gasteiger partial charge in [-0.1, -0.05) is 5.92 Å². The molecule has 0 atom stereocenters. The molecule has 1 aromatic carbocycles. The van der Waals surface area contributed by atoms with Crippen LogP contribution in [0.3, 0.4) is 0 Å². The molecular formula is C14H12N2O3. The zero-order valence-corrected chi connectivity index (χ0v) is 10.3. The van der Waals surface area contributed by atoms with Crippen molar-refractivity contribution < 1.29 is 9.53 Å². The van der Waals surface area contributed by atoms with Crippen LogP contribution in [0.4, 0.5) is 0 Å². The number of aromatic nitrogens is 2. The third kappa shape index (κ3) is 2.58. The minimum Gasteiger partial charge on any atom is -0.449 e. The molecule has 2 rings (SSSR count). The summed E-state index contributed by atoms with van der Waals surface area (Å²) in [6, 6.07) is 6.53. The summed E-state index contributed by atoms with van der Waals surface area (Å²) in [5.74, 6) is 1.74. The first-order valence-electron chi connectivity index (χ1n) is 5.61. The Morgan fingerprint density at radius 2 is 2.11 bits per heavy atom. The van der Waals surface area contributed by atoms with Crippen molar-refractivity contribution in [2.45, 2.75) is 6.92 Å². The second kappa shape index (κ2) is 5.27. The summed E-state index contributed by atoms with van der Waals surface area (Å²) in [5.41, 5.74) is 1.63. The Hall–Kier alpha value is -2.74. The molecule has 0 aliphatic heterocycles. The molecule has 0 aliphatic rings. The van der Waals surface area contributed by atoms with Gasteiger partial charge < -0.3 is 9.72 Å². The van der Waals surface area contributed by atoms with Crippen LogP contribution < -0.4 is 5.69 Å². The number of aromatic amines is 1. The van der Waals surface area contributed by atoms with Gasteiger partial charge in [-0.15, -0.1) is 6.42 Å². The number of benzene rings is 1. The lowest BCUT2D eigenvalue weighted by molar-refractivity contribution is 0.0557. The molecule has 1 heterocycles. The predicted molar refractivity (Wildman–Crippen MR) is 70.2 cm³/mol. The number of H-pyrrole nitrogens is 1. The van der Waals surface area contributed by atoms with E-state index in [2.05, 4.69) is 10.9 Å². The maximum Gasteiger partial charge on any atom is 0.339 e. The molecule has 0 saturated heterocycles. The zero-order valence-electron chi connectivity index (χ0n) is 10.3. The largest absolute Gasteiger partial charge is 0.449 e. The fraction of sp³-hybridized carbons (Fsp3) is 0.143. The highest BCUT2D eigenvalue weighted by Crippen LogP contribution is 2.10. The fourth-order valence-electron chi connectivity index (χ4n) is 1.71. The van der Waals surface area contributed by atoms with Crippen LogP contribution >= 0.6 is 0 Å². The molecule has 5 nitrogen and oxygen atoms in total. The van der Waals surface area contributed by atoms with Gasteiger partial charge in [0.15, 0.2) is 6.61 Å². The number of rotatable bonds is 3. The van der Waals surface area contributed by atoms with Crippen molar-refractivity contribution in [3.05, 3.63) is 52.2 Å². The van der Waals surface area contributed by atoms with Gasteiger partial charge in [0.25, 0.3) is 0 Å². The molecule has 1 N–H and O–H groups in total. The van der Waals surface area contributed by atoms with Crippen molar-refractivity contribution in [3.63, 3.8) is 0 Å². The van der Waals surface area contributed by atoms with E-state index in [1.165, 1.54) is 4.57 Å². The molecule has 0 saturated carbocycles. The van der Waals surface area contributed by atoms with Gasteiger partial charge in [0.2, 0.25) is 0 Å². The van der Waals surface area contributed by atoms with Crippen LogP contribution in [-0.2, 0) is 4.74 Å². The molecule has 5 heteroatoms. The first kappa shape index (κ1) is 12.7. The Kier molecular flexibility index (Phi) is 3.53. The molecule has 0 bridgehead atoms. The first-order chi connectivity index (χ1) is 9.13. The highest BCUT2D eigenvalue weighted by atomic mass is 16.5. The minimum absolute atomic E-state index is 0.0586. The molecule has 1 aromatic heterocycles. The maximum absolute atomic E-state index is 11.6. The minimum atomic E-state index is -0.484. The van der Waals surface area contributed by atoms with Crippen molar-refractivity contribution in [2.75, 3.05) is 6.61 Å². The Balaban J connectivity index is 2.27. The average molecular weight is 256 g/mol. The monoisotopic (exact) mass is 256 g/mol. The highest BCUT2D eigenvalue weighted by molar-refractivity contribution is 5.89. The molecule has 19 heavy (non-hydrogen) atoms. The predicted octanol–water partition coefficient (Wildman–Crippen LogP) is 1.26. The Bertz CT molecular complexity index is 687. The van der Waals surface area contributed by atoms with E-state index >= 15 is 0 Å². The van der Waals surface area contributed by atoms with Crippen molar-refractivity contribution in [1.82, 2.24) is 9.55 Å². The number of hydrogen-bond acceptors (Lipinski definition) is 3. The van der Waals surface area contributed by atoms with Gasteiger partial charge in [-0.2, -0.15) is 0 Å². The number of carbonyl (C=O) groups excluding carboxylic acids is 1. The topological polar surface area (TPSA) is 64.1 Å². The highest BCUT2D eigenvalue weighted by Gasteiger charge is 2.08. The summed E-state index contributed by atoms with van der Waals surface area (Å²) >= 11 is 0. The Morgan fingerprint density at radius 1 is 1.42 bits per heavy atom. The molecule has 0 unspecified atom stereocenters. The van der Waals surface area contributed by atoms with Gasteiger partial charge >= 0.3 is 11.7 Å². The van der Waals surface area contributed by atoms with Crippen LogP contribution in [0, 0.1) is 19.3 Å². The van der Waals surface area contributed by atoms with Crippen molar-refractivity contribution in [2.24, 2.45) is 0 Å². The van der Waals surface area contributed by atoms with E-state index in [0.29, 0.717) is 11.3 Å². The molecule has 0 amide bonds. The Labute approximate surface area is 109 Å². The standard InChI is InChI=1S/C14H12N2O3/c1-3-8-19-13(17)11-4-6-12(7-5-11)16-10(2)9-15-14(16)18/h1,4-7,9H,8H2,2H3,(H,15,18). The van der Waals surface area contributed by atoms with Crippen LogP contribution in [0.2, 0.25) is 0 Å². The normalized spacial score (nSPS) is 9.89. The zero-order chi connectivity index (χ0) is 13.8. The molecule has 2 aromatic rings. The van der Waals surface area contributed by atoms with Crippen LogP contribution in [0.1, 0.15) is 16.1 Å². The number of nitrogens with zero attached hydrogens (tertiary/aromatic N) is 1. The summed E-state index contributed by atoms with van der Waals surface area (Å²) in [4.78, 5) is 25.7. The van der Waals surface area contributed by atoms with E-state index < -0.39 is 5.97 Å². The lowest BCUT2D eigenvalue weighted by Crippen LogP contribution is -2.16. The number of ether oxygens (including phenoxy) is 1. The summed E-state index contributed by atoms with van der Waals surface area (Å²) in [6.45, 7) is 1.75. The molecule has 96 valence electrons. The van der Waals surface area contributed by atoms with Gasteiger partial charge in [-0.3, -0.25) is 4.57 Å². The third-order valence-corrected chi connectivity index (χ3v) is 2.61. The van der Waals surface area contributed by atoms with E-state index in [4.69, 9.17) is 11.2 Å². The second-order valence-electron chi connectivity index (χ2n) is 3.90. The van der Waals surface area contributed by atoms with Crippen molar-refractivity contribution >= 4 is 5.97 Å². The van der Waals surface area contributed by atoms with Gasteiger partial charge in [0, 0.05) is 11.9 Å². The summed E-state index contributed by atoms with van der Waals surface area (Å²) in [5, 5.41) is 0. The molecule has 0 fully saturated rings. The quantitative estimate of drug-likeness (QED) is 0.664. The SMILES string of the molecule is C#CCOC(=O)c1ccc(-n2c(C)c[nH]c2=O)cc1.